The van der Waals surface area contributed by atoms with Crippen molar-refractivity contribution in [2.75, 3.05) is 49.3 Å². The molecule has 1 aromatic carbocycles. The molecule has 0 aliphatic carbocycles. The monoisotopic (exact) mass is 352 g/mol. The fourth-order valence-electron chi connectivity index (χ4n) is 4.18. The summed E-state index contributed by atoms with van der Waals surface area (Å²) in [6.07, 6.45) is 6.15. The molecule has 0 spiro atoms. The quantitative estimate of drug-likeness (QED) is 0.916. The van der Waals surface area contributed by atoms with Gasteiger partial charge in [-0.2, -0.15) is 0 Å². The van der Waals surface area contributed by atoms with Crippen LogP contribution >= 0.6 is 0 Å². The minimum absolute atomic E-state index is 0.477. The van der Waals surface area contributed by atoms with Crippen molar-refractivity contribution in [1.82, 2.24) is 14.9 Å². The molecule has 6 nitrogen and oxygen atoms in total. The van der Waals surface area contributed by atoms with E-state index in [0.29, 0.717) is 11.7 Å². The van der Waals surface area contributed by atoms with Crippen molar-refractivity contribution in [2.45, 2.75) is 31.7 Å². The average Bonchev–Trinajstić information content (AvgIpc) is 2.68. The molecule has 0 atom stereocenters. The normalized spacial score (nSPS) is 18.6. The zero-order chi connectivity index (χ0) is 18.1. The molecule has 4 rings (SSSR count). The molecule has 0 radical (unpaired) electrons. The predicted molar refractivity (Wildman–Crippen MR) is 107 cm³/mol. The Kier molecular flexibility index (Phi) is 4.68. The van der Waals surface area contributed by atoms with Gasteiger partial charge < -0.3 is 20.4 Å². The largest absolute Gasteiger partial charge is 0.393 e. The number of aryl methyl sites for hydroxylation is 1. The van der Waals surface area contributed by atoms with E-state index in [2.05, 4.69) is 63.0 Å². The van der Waals surface area contributed by atoms with Gasteiger partial charge in [0.2, 0.25) is 0 Å². The van der Waals surface area contributed by atoms with Crippen molar-refractivity contribution in [3.63, 3.8) is 0 Å². The van der Waals surface area contributed by atoms with Crippen LogP contribution < -0.4 is 15.5 Å². The van der Waals surface area contributed by atoms with Crippen molar-refractivity contribution in [1.29, 1.82) is 0 Å². The molecule has 2 aromatic rings. The highest BCUT2D eigenvalue weighted by atomic mass is 15.3. The van der Waals surface area contributed by atoms with Gasteiger partial charge in [-0.25, -0.2) is 9.97 Å². The number of nitrogens with two attached hydrogens (primary N) is 1. The van der Waals surface area contributed by atoms with E-state index >= 15 is 0 Å². The van der Waals surface area contributed by atoms with Gasteiger partial charge in [-0.15, -0.1) is 0 Å². The Morgan fingerprint density at radius 3 is 2.69 bits per heavy atom. The van der Waals surface area contributed by atoms with Gasteiger partial charge in [0.15, 0.2) is 11.6 Å². The maximum atomic E-state index is 6.59. The van der Waals surface area contributed by atoms with Gasteiger partial charge in [-0.3, -0.25) is 0 Å². The zero-order valence-electron chi connectivity index (χ0n) is 15.7. The molecule has 1 saturated heterocycles. The number of aromatic nitrogens is 2. The van der Waals surface area contributed by atoms with Gasteiger partial charge in [-0.05, 0) is 57.5 Å². The van der Waals surface area contributed by atoms with E-state index in [-0.39, 0.29) is 0 Å². The summed E-state index contributed by atoms with van der Waals surface area (Å²) in [4.78, 5) is 16.0. The molecule has 0 amide bonds. The van der Waals surface area contributed by atoms with Crippen LogP contribution in [0.25, 0.3) is 0 Å². The third-order valence-electron chi connectivity index (χ3n) is 5.78. The lowest BCUT2D eigenvalue weighted by molar-refractivity contribution is 0.252. The van der Waals surface area contributed by atoms with Gasteiger partial charge in [0, 0.05) is 25.3 Å². The van der Waals surface area contributed by atoms with Crippen molar-refractivity contribution in [3.8, 4) is 0 Å². The molecule has 2 N–H and O–H groups in total. The van der Waals surface area contributed by atoms with E-state index in [4.69, 9.17) is 5.73 Å². The molecule has 3 heterocycles. The van der Waals surface area contributed by atoms with Crippen LogP contribution in [0.5, 0.6) is 0 Å². The fourth-order valence-corrected chi connectivity index (χ4v) is 4.18. The van der Waals surface area contributed by atoms with Gasteiger partial charge in [0.1, 0.15) is 12.0 Å². The van der Waals surface area contributed by atoms with Crippen LogP contribution in [-0.4, -0.2) is 54.6 Å². The van der Waals surface area contributed by atoms with Crippen LogP contribution in [-0.2, 0) is 6.42 Å². The van der Waals surface area contributed by atoms with E-state index < -0.39 is 0 Å². The number of rotatable bonds is 3. The van der Waals surface area contributed by atoms with Crippen LogP contribution in [0.3, 0.4) is 0 Å². The fraction of sp³-hybridized carbons (Fsp3) is 0.500. The minimum Gasteiger partial charge on any atom is -0.393 e. The lowest BCUT2D eigenvalue weighted by atomic mass is 10.0. The van der Waals surface area contributed by atoms with E-state index in [1.807, 2.05) is 0 Å². The Balaban J connectivity index is 1.65. The molecule has 6 heteroatoms. The molecule has 1 fully saturated rings. The summed E-state index contributed by atoms with van der Waals surface area (Å²) in [7, 11) is 4.30. The number of fused-ring (bicyclic) bond motifs is 1. The Morgan fingerprint density at radius 1 is 1.12 bits per heavy atom. The first-order valence-corrected chi connectivity index (χ1v) is 9.52. The maximum absolute atomic E-state index is 6.59. The first-order valence-electron chi connectivity index (χ1n) is 9.52. The van der Waals surface area contributed by atoms with Crippen molar-refractivity contribution >= 4 is 23.0 Å². The third-order valence-corrected chi connectivity index (χ3v) is 5.78. The second-order valence-corrected chi connectivity index (χ2v) is 7.46. The minimum atomic E-state index is 0.477. The van der Waals surface area contributed by atoms with E-state index in [0.717, 1.165) is 57.0 Å². The summed E-state index contributed by atoms with van der Waals surface area (Å²) in [6.45, 7) is 3.17. The van der Waals surface area contributed by atoms with Crippen molar-refractivity contribution in [3.05, 3.63) is 36.2 Å². The molecule has 0 unspecified atom stereocenters. The van der Waals surface area contributed by atoms with Crippen LogP contribution in [0.1, 0.15) is 24.8 Å². The van der Waals surface area contributed by atoms with Crippen LogP contribution in [0.2, 0.25) is 0 Å². The van der Waals surface area contributed by atoms with Gasteiger partial charge in [-0.1, -0.05) is 18.2 Å². The molecule has 0 bridgehead atoms. The number of benzene rings is 1. The number of anilines is 4. The van der Waals surface area contributed by atoms with E-state index in [9.17, 15) is 0 Å². The number of hydrogen-bond acceptors (Lipinski definition) is 6. The summed E-state index contributed by atoms with van der Waals surface area (Å²) in [5.74, 6) is 1.69. The highest BCUT2D eigenvalue weighted by Crippen LogP contribution is 2.38. The lowest BCUT2D eigenvalue weighted by Gasteiger charge is -2.37. The second-order valence-electron chi connectivity index (χ2n) is 7.46. The standard InChI is InChI=1S/C20H28N6/c1-24-12-9-16(10-13-24)25(2)19-18(21)20(23-14-22-19)26-11-5-7-15-6-3-4-8-17(15)26/h3-4,6,8,14,16H,5,7,9-13,21H2,1-2H3. The topological polar surface area (TPSA) is 61.5 Å². The Labute approximate surface area is 155 Å². The maximum Gasteiger partial charge on any atom is 0.161 e. The first-order chi connectivity index (χ1) is 12.6. The highest BCUT2D eigenvalue weighted by Gasteiger charge is 2.26. The number of nitrogen functional groups attached to an aromatic ring is 1. The highest BCUT2D eigenvalue weighted by molar-refractivity contribution is 5.81. The summed E-state index contributed by atoms with van der Waals surface area (Å²) in [6, 6.07) is 9.02. The molecule has 1 aromatic heterocycles. The molecule has 26 heavy (non-hydrogen) atoms. The smallest absolute Gasteiger partial charge is 0.161 e. The zero-order valence-corrected chi connectivity index (χ0v) is 15.7. The second kappa shape index (κ2) is 7.11. The van der Waals surface area contributed by atoms with Crippen molar-refractivity contribution in [2.24, 2.45) is 0 Å². The molecule has 0 saturated carbocycles. The molecule has 2 aliphatic heterocycles. The number of likely N-dealkylation sites (tertiary alicyclic amines) is 1. The lowest BCUT2D eigenvalue weighted by Crippen LogP contribution is -2.42. The predicted octanol–water partition coefficient (Wildman–Crippen LogP) is 2.67. The summed E-state index contributed by atoms with van der Waals surface area (Å²) in [5.41, 5.74) is 9.86. The van der Waals surface area contributed by atoms with E-state index in [1.54, 1.807) is 6.33 Å². The van der Waals surface area contributed by atoms with Crippen LogP contribution in [0.15, 0.2) is 30.6 Å². The Morgan fingerprint density at radius 2 is 1.88 bits per heavy atom. The van der Waals surface area contributed by atoms with Crippen LogP contribution in [0, 0.1) is 0 Å². The Bertz CT molecular complexity index is 769. The molecule has 2 aliphatic rings. The SMILES string of the molecule is CN1CCC(N(C)c2ncnc(N3CCCc4ccccc43)c2N)CC1. The number of hydrogen-bond donors (Lipinski definition) is 1. The number of nitrogens with zero attached hydrogens (tertiary/aromatic N) is 5. The number of piperidine rings is 1. The average molecular weight is 352 g/mol. The Hall–Kier alpha value is -2.34. The third kappa shape index (κ3) is 3.09. The summed E-state index contributed by atoms with van der Waals surface area (Å²) in [5, 5.41) is 0. The van der Waals surface area contributed by atoms with Crippen molar-refractivity contribution < 1.29 is 0 Å². The van der Waals surface area contributed by atoms with Gasteiger partial charge in [0.05, 0.1) is 0 Å². The number of para-hydroxylation sites is 1. The molecular formula is C20H28N6. The first kappa shape index (κ1) is 17.1. The summed E-state index contributed by atoms with van der Waals surface area (Å²) >= 11 is 0. The molecule has 138 valence electrons. The van der Waals surface area contributed by atoms with E-state index in [1.165, 1.54) is 11.3 Å². The molecular weight excluding hydrogens is 324 g/mol. The summed E-state index contributed by atoms with van der Waals surface area (Å²) < 4.78 is 0. The van der Waals surface area contributed by atoms with Gasteiger partial charge in [0.25, 0.3) is 0 Å². The van der Waals surface area contributed by atoms with Gasteiger partial charge >= 0.3 is 0 Å². The van der Waals surface area contributed by atoms with Crippen LogP contribution in [0.4, 0.5) is 23.0 Å².